The van der Waals surface area contributed by atoms with Crippen molar-refractivity contribution in [3.63, 3.8) is 0 Å². The minimum absolute atomic E-state index is 0.279. The molecule has 0 fully saturated rings. The summed E-state index contributed by atoms with van der Waals surface area (Å²) in [6.07, 6.45) is 1.57. The fourth-order valence-electron chi connectivity index (χ4n) is 1.26. The van der Waals surface area contributed by atoms with Gasteiger partial charge in [0.2, 0.25) is 0 Å². The fourth-order valence-corrected chi connectivity index (χ4v) is 1.45. The van der Waals surface area contributed by atoms with E-state index < -0.39 is 4.92 Å². The van der Waals surface area contributed by atoms with E-state index in [-0.39, 0.29) is 5.88 Å². The maximum atomic E-state index is 10.4. The van der Waals surface area contributed by atoms with Crippen molar-refractivity contribution in [2.75, 3.05) is 5.32 Å². The van der Waals surface area contributed by atoms with Gasteiger partial charge in [-0.2, -0.15) is 0 Å². The molecule has 0 amide bonds. The van der Waals surface area contributed by atoms with Crippen molar-refractivity contribution in [3.8, 4) is 0 Å². The van der Waals surface area contributed by atoms with E-state index in [4.69, 9.17) is 16.0 Å². The molecule has 0 saturated carbocycles. The molecule has 0 unspecified atom stereocenters. The predicted octanol–water partition coefficient (Wildman–Crippen LogP) is 2.85. The molecule has 2 rings (SSSR count). The van der Waals surface area contributed by atoms with Crippen molar-refractivity contribution in [2.24, 2.45) is 0 Å². The molecule has 2 aromatic heterocycles. The van der Waals surface area contributed by atoms with E-state index in [1.807, 2.05) is 0 Å². The normalized spacial score (nSPS) is 10.2. The van der Waals surface area contributed by atoms with E-state index in [0.717, 1.165) is 0 Å². The highest BCUT2D eigenvalue weighted by Crippen LogP contribution is 2.20. The van der Waals surface area contributed by atoms with Crippen LogP contribution in [0.2, 0.25) is 5.15 Å². The van der Waals surface area contributed by atoms with Crippen LogP contribution in [-0.2, 0) is 6.54 Å². The molecule has 0 aliphatic carbocycles. The lowest BCUT2D eigenvalue weighted by Crippen LogP contribution is -1.99. The monoisotopic (exact) mass is 253 g/mol. The van der Waals surface area contributed by atoms with Gasteiger partial charge in [0.05, 0.1) is 18.3 Å². The highest BCUT2D eigenvalue weighted by molar-refractivity contribution is 6.31. The number of rotatable bonds is 4. The Morgan fingerprint density at radius 3 is 2.94 bits per heavy atom. The van der Waals surface area contributed by atoms with Gasteiger partial charge in [-0.3, -0.25) is 10.1 Å². The Balaban J connectivity index is 2.02. The van der Waals surface area contributed by atoms with Gasteiger partial charge in [-0.25, -0.2) is 4.98 Å². The van der Waals surface area contributed by atoms with Crippen LogP contribution in [0.15, 0.2) is 34.9 Å². The van der Waals surface area contributed by atoms with E-state index in [1.165, 1.54) is 12.1 Å². The molecule has 2 heterocycles. The number of nitro groups is 1. The largest absolute Gasteiger partial charge is 0.433 e. The van der Waals surface area contributed by atoms with Crippen molar-refractivity contribution in [3.05, 3.63) is 51.5 Å². The first-order chi connectivity index (χ1) is 8.16. The zero-order valence-corrected chi connectivity index (χ0v) is 9.35. The molecule has 0 spiro atoms. The minimum atomic E-state index is -0.583. The standard InChI is InChI=1S/C10H8ClN3O3/c11-10-8(2-1-5-12-10)13-6-7-3-4-9(17-7)14(15)16/h1-5,13H,6H2. The second-order valence-corrected chi connectivity index (χ2v) is 3.55. The number of nitrogens with one attached hydrogen (secondary N) is 1. The van der Waals surface area contributed by atoms with Crippen LogP contribution in [0, 0.1) is 10.1 Å². The van der Waals surface area contributed by atoms with Crippen LogP contribution in [0.4, 0.5) is 11.6 Å². The number of hydrogen-bond acceptors (Lipinski definition) is 5. The van der Waals surface area contributed by atoms with E-state index in [1.54, 1.807) is 18.3 Å². The Kier molecular flexibility index (Phi) is 3.24. The molecule has 2 aromatic rings. The second kappa shape index (κ2) is 4.84. The molecule has 0 saturated heterocycles. The van der Waals surface area contributed by atoms with Gasteiger partial charge in [0.25, 0.3) is 0 Å². The van der Waals surface area contributed by atoms with Gasteiger partial charge in [-0.15, -0.1) is 0 Å². The topological polar surface area (TPSA) is 81.2 Å². The molecule has 17 heavy (non-hydrogen) atoms. The number of nitrogens with zero attached hydrogens (tertiary/aromatic N) is 2. The van der Waals surface area contributed by atoms with Crippen molar-refractivity contribution in [1.82, 2.24) is 4.98 Å². The molecule has 88 valence electrons. The molecule has 6 nitrogen and oxygen atoms in total. The van der Waals surface area contributed by atoms with Crippen molar-refractivity contribution < 1.29 is 9.34 Å². The molecule has 0 aliphatic heterocycles. The van der Waals surface area contributed by atoms with Crippen LogP contribution in [0.3, 0.4) is 0 Å². The molecule has 7 heteroatoms. The Morgan fingerprint density at radius 1 is 1.47 bits per heavy atom. The van der Waals surface area contributed by atoms with Crippen molar-refractivity contribution >= 4 is 23.2 Å². The Morgan fingerprint density at radius 2 is 2.29 bits per heavy atom. The summed E-state index contributed by atoms with van der Waals surface area (Å²) in [5, 5.41) is 13.7. The van der Waals surface area contributed by atoms with Crippen molar-refractivity contribution in [1.29, 1.82) is 0 Å². The van der Waals surface area contributed by atoms with Gasteiger partial charge in [-0.1, -0.05) is 11.6 Å². The van der Waals surface area contributed by atoms with E-state index in [2.05, 4.69) is 10.3 Å². The van der Waals surface area contributed by atoms with Gasteiger partial charge in [0, 0.05) is 6.20 Å². The highest BCUT2D eigenvalue weighted by Gasteiger charge is 2.11. The summed E-state index contributed by atoms with van der Waals surface area (Å²) >= 11 is 5.83. The van der Waals surface area contributed by atoms with Crippen LogP contribution >= 0.6 is 11.6 Å². The third-order valence-corrected chi connectivity index (χ3v) is 2.34. The van der Waals surface area contributed by atoms with Gasteiger partial charge in [0.15, 0.2) is 5.15 Å². The number of halogens is 1. The second-order valence-electron chi connectivity index (χ2n) is 3.19. The smallest absolute Gasteiger partial charge is 0.404 e. The SMILES string of the molecule is O=[N+]([O-])c1ccc(CNc2cccnc2Cl)o1. The molecule has 0 atom stereocenters. The van der Waals surface area contributed by atoms with Gasteiger partial charge >= 0.3 is 5.88 Å². The summed E-state index contributed by atoms with van der Waals surface area (Å²) in [7, 11) is 0. The summed E-state index contributed by atoms with van der Waals surface area (Å²) in [5.41, 5.74) is 0.646. The first-order valence-electron chi connectivity index (χ1n) is 4.74. The molecule has 0 aliphatic rings. The Hall–Kier alpha value is -2.08. The highest BCUT2D eigenvalue weighted by atomic mass is 35.5. The first-order valence-corrected chi connectivity index (χ1v) is 5.12. The van der Waals surface area contributed by atoms with E-state index in [9.17, 15) is 10.1 Å². The summed E-state index contributed by atoms with van der Waals surface area (Å²) in [4.78, 5) is 13.7. The average molecular weight is 254 g/mol. The minimum Gasteiger partial charge on any atom is -0.404 e. The third-order valence-electron chi connectivity index (χ3n) is 2.04. The zero-order chi connectivity index (χ0) is 12.3. The summed E-state index contributed by atoms with van der Waals surface area (Å²) in [6, 6.07) is 6.34. The number of aromatic nitrogens is 1. The maximum Gasteiger partial charge on any atom is 0.433 e. The number of anilines is 1. The van der Waals surface area contributed by atoms with Gasteiger partial charge in [0.1, 0.15) is 10.7 Å². The Labute approximate surface area is 101 Å². The third kappa shape index (κ3) is 2.73. The molecule has 1 N–H and O–H groups in total. The lowest BCUT2D eigenvalue weighted by atomic mass is 10.4. The average Bonchev–Trinajstić information content (AvgIpc) is 2.77. The van der Waals surface area contributed by atoms with Crippen LogP contribution in [-0.4, -0.2) is 9.91 Å². The number of furan rings is 1. The lowest BCUT2D eigenvalue weighted by molar-refractivity contribution is -0.402. The number of pyridine rings is 1. The zero-order valence-electron chi connectivity index (χ0n) is 8.59. The van der Waals surface area contributed by atoms with E-state index >= 15 is 0 Å². The molecule has 0 bridgehead atoms. The van der Waals surface area contributed by atoms with Crippen molar-refractivity contribution in [2.45, 2.75) is 6.54 Å². The summed E-state index contributed by atoms with van der Waals surface area (Å²) < 4.78 is 4.98. The van der Waals surface area contributed by atoms with Gasteiger partial charge < -0.3 is 9.73 Å². The molecule has 0 radical (unpaired) electrons. The fraction of sp³-hybridized carbons (Fsp3) is 0.100. The Bertz CT molecular complexity index is 541. The predicted molar refractivity (Wildman–Crippen MR) is 61.9 cm³/mol. The van der Waals surface area contributed by atoms with Crippen LogP contribution in [0.1, 0.15) is 5.76 Å². The van der Waals surface area contributed by atoms with Crippen LogP contribution in [0.25, 0.3) is 0 Å². The molecular formula is C10H8ClN3O3. The quantitative estimate of drug-likeness (QED) is 0.515. The lowest BCUT2D eigenvalue weighted by Gasteiger charge is -2.04. The number of hydrogen-bond donors (Lipinski definition) is 1. The maximum absolute atomic E-state index is 10.4. The van der Waals surface area contributed by atoms with E-state index in [0.29, 0.717) is 23.1 Å². The van der Waals surface area contributed by atoms with Crippen LogP contribution < -0.4 is 5.32 Å². The van der Waals surface area contributed by atoms with Gasteiger partial charge in [-0.05, 0) is 18.2 Å². The summed E-state index contributed by atoms with van der Waals surface area (Å²) in [6.45, 7) is 0.305. The summed E-state index contributed by atoms with van der Waals surface area (Å²) in [5.74, 6) is 0.177. The molecular weight excluding hydrogens is 246 g/mol. The van der Waals surface area contributed by atoms with Crippen LogP contribution in [0.5, 0.6) is 0 Å². The molecule has 0 aromatic carbocycles. The first kappa shape index (κ1) is 11.4.